The molecule has 0 saturated carbocycles. The Kier molecular flexibility index (Phi) is 4.08. The third-order valence-electron chi connectivity index (χ3n) is 3.40. The molecule has 0 saturated heterocycles. The highest BCUT2D eigenvalue weighted by atomic mass is 16.1. The van der Waals surface area contributed by atoms with Crippen molar-refractivity contribution in [1.29, 1.82) is 0 Å². The van der Waals surface area contributed by atoms with Crippen molar-refractivity contribution in [3.63, 3.8) is 0 Å². The highest BCUT2D eigenvalue weighted by molar-refractivity contribution is 6.00. The van der Waals surface area contributed by atoms with E-state index in [1.54, 1.807) is 6.07 Å². The van der Waals surface area contributed by atoms with Gasteiger partial charge in [-0.2, -0.15) is 0 Å². The summed E-state index contributed by atoms with van der Waals surface area (Å²) in [5.74, 6) is -0.00640. The number of carbonyl (C=O) groups excluding carboxylic acids is 1. The first-order chi connectivity index (χ1) is 9.47. The molecule has 0 radical (unpaired) electrons. The van der Waals surface area contributed by atoms with Crippen LogP contribution in [0.5, 0.6) is 0 Å². The van der Waals surface area contributed by atoms with Gasteiger partial charge < -0.3 is 10.6 Å². The number of nitrogens with two attached hydrogens (primary N) is 1. The van der Waals surface area contributed by atoms with Gasteiger partial charge in [0.25, 0.3) is 0 Å². The Morgan fingerprint density at radius 3 is 2.40 bits per heavy atom. The van der Waals surface area contributed by atoms with Gasteiger partial charge in [0.15, 0.2) is 5.78 Å². The summed E-state index contributed by atoms with van der Waals surface area (Å²) < 4.78 is 0. The van der Waals surface area contributed by atoms with Crippen LogP contribution in [-0.4, -0.2) is 12.8 Å². The van der Waals surface area contributed by atoms with Gasteiger partial charge in [-0.1, -0.05) is 29.8 Å². The summed E-state index contributed by atoms with van der Waals surface area (Å²) in [7, 11) is 2.01. The van der Waals surface area contributed by atoms with Gasteiger partial charge in [0.05, 0.1) is 0 Å². The van der Waals surface area contributed by atoms with Crippen LogP contribution in [0.1, 0.15) is 28.4 Å². The summed E-state index contributed by atoms with van der Waals surface area (Å²) in [6.07, 6.45) is 0. The van der Waals surface area contributed by atoms with Crippen molar-refractivity contribution in [2.45, 2.75) is 20.4 Å². The number of rotatable bonds is 4. The maximum Gasteiger partial charge on any atom is 0.161 e. The maximum absolute atomic E-state index is 11.5. The number of aryl methyl sites for hydroxylation is 1. The fourth-order valence-electron chi connectivity index (χ4n) is 2.15. The van der Waals surface area contributed by atoms with Crippen LogP contribution in [0.15, 0.2) is 42.5 Å². The van der Waals surface area contributed by atoms with E-state index in [1.165, 1.54) is 18.1 Å². The summed E-state index contributed by atoms with van der Waals surface area (Å²) in [5.41, 5.74) is 10.4. The number of hydrogen-bond donors (Lipinski definition) is 1. The fourth-order valence-corrected chi connectivity index (χ4v) is 2.15. The minimum atomic E-state index is -0.00640. The van der Waals surface area contributed by atoms with Crippen LogP contribution in [0.25, 0.3) is 0 Å². The lowest BCUT2D eigenvalue weighted by Gasteiger charge is -2.20. The molecule has 0 aliphatic heterocycles. The van der Waals surface area contributed by atoms with Crippen molar-refractivity contribution in [2.75, 3.05) is 17.7 Å². The maximum atomic E-state index is 11.5. The van der Waals surface area contributed by atoms with Gasteiger partial charge in [-0.05, 0) is 37.6 Å². The van der Waals surface area contributed by atoms with Gasteiger partial charge >= 0.3 is 0 Å². The van der Waals surface area contributed by atoms with Crippen molar-refractivity contribution in [1.82, 2.24) is 0 Å². The van der Waals surface area contributed by atoms with E-state index >= 15 is 0 Å². The molecular weight excluding hydrogens is 248 g/mol. The first kappa shape index (κ1) is 14.1. The zero-order chi connectivity index (χ0) is 14.7. The van der Waals surface area contributed by atoms with Crippen LogP contribution in [0.2, 0.25) is 0 Å². The Balaban J connectivity index is 2.20. The van der Waals surface area contributed by atoms with Crippen molar-refractivity contribution in [2.24, 2.45) is 0 Å². The van der Waals surface area contributed by atoms with Gasteiger partial charge in [-0.25, -0.2) is 0 Å². The molecule has 0 atom stereocenters. The van der Waals surface area contributed by atoms with Gasteiger partial charge in [0.2, 0.25) is 0 Å². The fraction of sp³-hybridized carbons (Fsp3) is 0.235. The summed E-state index contributed by atoms with van der Waals surface area (Å²) in [6.45, 7) is 4.41. The molecule has 0 amide bonds. The highest BCUT2D eigenvalue weighted by Gasteiger charge is 2.08. The number of benzene rings is 2. The quantitative estimate of drug-likeness (QED) is 0.682. The van der Waals surface area contributed by atoms with Crippen molar-refractivity contribution < 1.29 is 4.79 Å². The Morgan fingerprint density at radius 1 is 1.15 bits per heavy atom. The number of Topliss-reactive ketones (excluding diaryl/α,β-unsaturated/α-hetero) is 1. The smallest absolute Gasteiger partial charge is 0.161 e. The molecule has 0 spiro atoms. The second-order valence-corrected chi connectivity index (χ2v) is 5.17. The molecule has 0 fully saturated rings. The summed E-state index contributed by atoms with van der Waals surface area (Å²) >= 11 is 0. The molecule has 2 aromatic carbocycles. The van der Waals surface area contributed by atoms with E-state index < -0.39 is 0 Å². The molecule has 0 aromatic heterocycles. The summed E-state index contributed by atoms with van der Waals surface area (Å²) in [5, 5.41) is 0. The van der Waals surface area contributed by atoms with Crippen LogP contribution < -0.4 is 10.6 Å². The van der Waals surface area contributed by atoms with Crippen LogP contribution >= 0.6 is 0 Å². The average Bonchev–Trinajstić information content (AvgIpc) is 2.41. The average molecular weight is 268 g/mol. The van der Waals surface area contributed by atoms with E-state index in [4.69, 9.17) is 5.73 Å². The number of ketones is 1. The van der Waals surface area contributed by atoms with Crippen LogP contribution in [-0.2, 0) is 6.54 Å². The standard InChI is InChI=1S/C17H20N2O/c1-12-4-6-14(7-5-12)11-19(3)15-8-9-17(18)16(10-15)13(2)20/h4-10H,11,18H2,1-3H3. The van der Waals surface area contributed by atoms with E-state index in [2.05, 4.69) is 36.1 Å². The number of nitrogen functional groups attached to an aromatic ring is 1. The molecule has 104 valence electrons. The molecule has 0 aliphatic rings. The molecule has 0 bridgehead atoms. The summed E-state index contributed by atoms with van der Waals surface area (Å²) in [4.78, 5) is 13.6. The second kappa shape index (κ2) is 5.78. The van der Waals surface area contributed by atoms with E-state index in [-0.39, 0.29) is 5.78 Å². The Labute approximate surface area is 120 Å². The molecule has 3 nitrogen and oxygen atoms in total. The normalized spacial score (nSPS) is 10.3. The molecule has 0 heterocycles. The van der Waals surface area contributed by atoms with Crippen molar-refractivity contribution in [3.8, 4) is 0 Å². The van der Waals surface area contributed by atoms with Crippen LogP contribution in [0.4, 0.5) is 11.4 Å². The Hall–Kier alpha value is -2.29. The molecule has 2 rings (SSSR count). The molecule has 3 heteroatoms. The highest BCUT2D eigenvalue weighted by Crippen LogP contribution is 2.22. The predicted octanol–water partition coefficient (Wildman–Crippen LogP) is 3.42. The lowest BCUT2D eigenvalue weighted by molar-refractivity contribution is 0.101. The first-order valence-electron chi connectivity index (χ1n) is 6.64. The van der Waals surface area contributed by atoms with Gasteiger partial charge in [0, 0.05) is 30.5 Å². The molecule has 0 aliphatic carbocycles. The predicted molar refractivity (Wildman–Crippen MR) is 84.1 cm³/mol. The molecule has 2 aromatic rings. The number of hydrogen-bond acceptors (Lipinski definition) is 3. The SMILES string of the molecule is CC(=O)c1cc(N(C)Cc2ccc(C)cc2)ccc1N. The molecule has 20 heavy (non-hydrogen) atoms. The van der Waals surface area contributed by atoms with E-state index in [0.717, 1.165) is 12.2 Å². The lowest BCUT2D eigenvalue weighted by Crippen LogP contribution is -2.17. The largest absolute Gasteiger partial charge is 0.398 e. The van der Waals surface area contributed by atoms with E-state index in [9.17, 15) is 4.79 Å². The minimum Gasteiger partial charge on any atom is -0.398 e. The topological polar surface area (TPSA) is 46.3 Å². The minimum absolute atomic E-state index is 0.00640. The van der Waals surface area contributed by atoms with Gasteiger partial charge in [-0.3, -0.25) is 4.79 Å². The number of nitrogens with zero attached hydrogens (tertiary/aromatic N) is 1. The first-order valence-corrected chi connectivity index (χ1v) is 6.64. The van der Waals surface area contributed by atoms with E-state index in [1.807, 2.05) is 19.2 Å². The third-order valence-corrected chi connectivity index (χ3v) is 3.40. The lowest BCUT2D eigenvalue weighted by atomic mass is 10.1. The van der Waals surface area contributed by atoms with Gasteiger partial charge in [0.1, 0.15) is 0 Å². The monoisotopic (exact) mass is 268 g/mol. The van der Waals surface area contributed by atoms with Crippen molar-refractivity contribution in [3.05, 3.63) is 59.2 Å². The third kappa shape index (κ3) is 3.18. The molecular formula is C17H20N2O. The zero-order valence-electron chi connectivity index (χ0n) is 12.2. The second-order valence-electron chi connectivity index (χ2n) is 5.17. The Bertz CT molecular complexity index is 617. The Morgan fingerprint density at radius 2 is 1.80 bits per heavy atom. The van der Waals surface area contributed by atoms with E-state index in [0.29, 0.717) is 11.3 Å². The zero-order valence-corrected chi connectivity index (χ0v) is 12.2. The van der Waals surface area contributed by atoms with Crippen LogP contribution in [0.3, 0.4) is 0 Å². The summed E-state index contributed by atoms with van der Waals surface area (Å²) in [6, 6.07) is 14.0. The van der Waals surface area contributed by atoms with Crippen molar-refractivity contribution >= 4 is 17.2 Å². The molecule has 0 unspecified atom stereocenters. The number of carbonyl (C=O) groups is 1. The number of anilines is 2. The van der Waals surface area contributed by atoms with Gasteiger partial charge in [-0.15, -0.1) is 0 Å². The van der Waals surface area contributed by atoms with Crippen LogP contribution in [0, 0.1) is 6.92 Å². The molecule has 2 N–H and O–H groups in total.